The fraction of sp³-hybridized carbons (Fsp3) is 0.462. The first-order valence-electron chi connectivity index (χ1n) is 6.38. The molecule has 110 valence electrons. The van der Waals surface area contributed by atoms with Crippen LogP contribution < -0.4 is 4.72 Å². The Morgan fingerprint density at radius 1 is 1.20 bits per heavy atom. The predicted octanol–water partition coefficient (Wildman–Crippen LogP) is 1.69. The van der Waals surface area contributed by atoms with Gasteiger partial charge in [0.25, 0.3) is 0 Å². The highest BCUT2D eigenvalue weighted by Crippen LogP contribution is 2.18. The van der Waals surface area contributed by atoms with Crippen molar-refractivity contribution in [1.82, 2.24) is 14.4 Å². The molecule has 0 radical (unpaired) electrons. The van der Waals surface area contributed by atoms with Crippen LogP contribution in [0.1, 0.15) is 22.8 Å². The van der Waals surface area contributed by atoms with Gasteiger partial charge in [0.2, 0.25) is 10.0 Å². The number of nitrogens with one attached hydrogen (secondary N) is 1. The van der Waals surface area contributed by atoms with Crippen LogP contribution in [0.25, 0.3) is 0 Å². The Hall–Kier alpha value is -1.60. The van der Waals surface area contributed by atoms with E-state index >= 15 is 0 Å². The number of sulfonamides is 1. The fourth-order valence-electron chi connectivity index (χ4n) is 2.27. The Kier molecular flexibility index (Phi) is 4.01. The standard InChI is InChI=1S/C13H19N3O3S/c1-9-5-6-10(2)16(9)8-7-14-20(17,18)13-11(3)15-19-12(13)4/h5-6,14H,7-8H2,1-4H3. The minimum absolute atomic E-state index is 0.137. The molecule has 20 heavy (non-hydrogen) atoms. The Bertz CT molecular complexity index is 674. The van der Waals surface area contributed by atoms with E-state index in [-0.39, 0.29) is 4.90 Å². The molecule has 0 bridgehead atoms. The van der Waals surface area contributed by atoms with Crippen LogP contribution in [0.5, 0.6) is 0 Å². The zero-order chi connectivity index (χ0) is 14.9. The molecule has 0 fully saturated rings. The van der Waals surface area contributed by atoms with Gasteiger partial charge in [0, 0.05) is 24.5 Å². The Morgan fingerprint density at radius 3 is 2.30 bits per heavy atom. The quantitative estimate of drug-likeness (QED) is 0.911. The molecular weight excluding hydrogens is 278 g/mol. The number of hydrogen-bond donors (Lipinski definition) is 1. The van der Waals surface area contributed by atoms with Crippen molar-refractivity contribution in [3.8, 4) is 0 Å². The number of nitrogens with zero attached hydrogens (tertiary/aromatic N) is 2. The van der Waals surface area contributed by atoms with Crippen LogP contribution in [0.4, 0.5) is 0 Å². The molecule has 0 aliphatic carbocycles. The van der Waals surface area contributed by atoms with E-state index in [0.29, 0.717) is 24.5 Å². The van der Waals surface area contributed by atoms with E-state index in [1.54, 1.807) is 13.8 Å². The summed E-state index contributed by atoms with van der Waals surface area (Å²) in [6.45, 7) is 8.11. The van der Waals surface area contributed by atoms with Gasteiger partial charge in [0.15, 0.2) is 5.76 Å². The normalized spacial score (nSPS) is 12.0. The maximum atomic E-state index is 12.2. The zero-order valence-corrected chi connectivity index (χ0v) is 12.9. The van der Waals surface area contributed by atoms with Crippen molar-refractivity contribution in [3.05, 3.63) is 35.0 Å². The summed E-state index contributed by atoms with van der Waals surface area (Å²) in [5.41, 5.74) is 2.60. The molecule has 0 saturated carbocycles. The lowest BCUT2D eigenvalue weighted by molar-refractivity contribution is 0.390. The summed E-state index contributed by atoms with van der Waals surface area (Å²) in [4.78, 5) is 0.137. The summed E-state index contributed by atoms with van der Waals surface area (Å²) in [5.74, 6) is 0.309. The monoisotopic (exact) mass is 297 g/mol. The minimum Gasteiger partial charge on any atom is -0.360 e. The molecule has 7 heteroatoms. The smallest absolute Gasteiger partial charge is 0.246 e. The second-order valence-electron chi connectivity index (χ2n) is 4.82. The molecule has 2 rings (SSSR count). The van der Waals surface area contributed by atoms with Gasteiger partial charge in [-0.15, -0.1) is 0 Å². The molecule has 0 atom stereocenters. The van der Waals surface area contributed by atoms with E-state index in [1.807, 2.05) is 26.0 Å². The average molecular weight is 297 g/mol. The maximum Gasteiger partial charge on any atom is 0.246 e. The lowest BCUT2D eigenvalue weighted by atomic mass is 10.4. The fourth-order valence-corrected chi connectivity index (χ4v) is 3.62. The highest BCUT2D eigenvalue weighted by molar-refractivity contribution is 7.89. The highest BCUT2D eigenvalue weighted by Gasteiger charge is 2.23. The lowest BCUT2D eigenvalue weighted by Crippen LogP contribution is -2.28. The van der Waals surface area contributed by atoms with Gasteiger partial charge < -0.3 is 9.09 Å². The van der Waals surface area contributed by atoms with Crippen LogP contribution in [-0.2, 0) is 16.6 Å². The average Bonchev–Trinajstić information content (AvgIpc) is 2.85. The summed E-state index contributed by atoms with van der Waals surface area (Å²) in [7, 11) is -3.58. The largest absolute Gasteiger partial charge is 0.360 e. The molecule has 2 aromatic heterocycles. The molecule has 0 aromatic carbocycles. The zero-order valence-electron chi connectivity index (χ0n) is 12.1. The van der Waals surface area contributed by atoms with Gasteiger partial charge in [0.05, 0.1) is 0 Å². The van der Waals surface area contributed by atoms with Crippen LogP contribution in [-0.4, -0.2) is 24.7 Å². The summed E-state index contributed by atoms with van der Waals surface area (Å²) in [6.07, 6.45) is 0. The van der Waals surface area contributed by atoms with E-state index in [1.165, 1.54) is 0 Å². The van der Waals surface area contributed by atoms with Crippen molar-refractivity contribution in [1.29, 1.82) is 0 Å². The Labute approximate surface area is 118 Å². The number of hydrogen-bond acceptors (Lipinski definition) is 4. The van der Waals surface area contributed by atoms with Crippen molar-refractivity contribution < 1.29 is 12.9 Å². The first kappa shape index (κ1) is 14.8. The predicted molar refractivity (Wildman–Crippen MR) is 75.1 cm³/mol. The van der Waals surface area contributed by atoms with Crippen molar-refractivity contribution >= 4 is 10.0 Å². The molecule has 2 heterocycles. The van der Waals surface area contributed by atoms with Crippen molar-refractivity contribution in [3.63, 3.8) is 0 Å². The van der Waals surface area contributed by atoms with Gasteiger partial charge in [-0.25, -0.2) is 13.1 Å². The van der Waals surface area contributed by atoms with Gasteiger partial charge >= 0.3 is 0 Å². The topological polar surface area (TPSA) is 77.1 Å². The second-order valence-corrected chi connectivity index (χ2v) is 6.52. The minimum atomic E-state index is -3.58. The third-order valence-corrected chi connectivity index (χ3v) is 4.99. The Balaban J connectivity index is 2.08. The van der Waals surface area contributed by atoms with Crippen molar-refractivity contribution in [2.75, 3.05) is 6.54 Å². The molecule has 0 aliphatic heterocycles. The third kappa shape index (κ3) is 2.78. The van der Waals surface area contributed by atoms with E-state index in [9.17, 15) is 8.42 Å². The van der Waals surface area contributed by atoms with Gasteiger partial charge in [-0.1, -0.05) is 5.16 Å². The molecular formula is C13H19N3O3S. The van der Waals surface area contributed by atoms with E-state index in [2.05, 4.69) is 14.4 Å². The number of aryl methyl sites for hydroxylation is 4. The lowest BCUT2D eigenvalue weighted by Gasteiger charge is -2.10. The third-order valence-electron chi connectivity index (χ3n) is 3.28. The molecule has 2 aromatic rings. The van der Waals surface area contributed by atoms with Crippen molar-refractivity contribution in [2.24, 2.45) is 0 Å². The van der Waals surface area contributed by atoms with E-state index in [0.717, 1.165) is 11.4 Å². The Morgan fingerprint density at radius 2 is 1.80 bits per heavy atom. The summed E-state index contributed by atoms with van der Waals surface area (Å²) >= 11 is 0. The SMILES string of the molecule is Cc1noc(C)c1S(=O)(=O)NCCn1c(C)ccc1C. The summed E-state index contributed by atoms with van der Waals surface area (Å²) < 4.78 is 34.0. The van der Waals surface area contributed by atoms with Crippen LogP contribution in [0.15, 0.2) is 21.6 Å². The number of aromatic nitrogens is 2. The van der Waals surface area contributed by atoms with Crippen LogP contribution in [0.3, 0.4) is 0 Å². The number of rotatable bonds is 5. The molecule has 0 saturated heterocycles. The summed E-state index contributed by atoms with van der Waals surface area (Å²) in [5, 5.41) is 3.67. The maximum absolute atomic E-state index is 12.2. The summed E-state index contributed by atoms with van der Waals surface area (Å²) in [6, 6.07) is 4.02. The molecule has 0 unspecified atom stereocenters. The van der Waals surface area contributed by atoms with Gasteiger partial charge in [-0.3, -0.25) is 0 Å². The molecule has 1 N–H and O–H groups in total. The molecule has 0 aliphatic rings. The molecule has 0 amide bonds. The van der Waals surface area contributed by atoms with Gasteiger partial charge in [-0.2, -0.15) is 0 Å². The first-order chi connectivity index (χ1) is 9.33. The van der Waals surface area contributed by atoms with Gasteiger partial charge in [-0.05, 0) is 39.8 Å². The first-order valence-corrected chi connectivity index (χ1v) is 7.86. The second kappa shape index (κ2) is 5.41. The van der Waals surface area contributed by atoms with Crippen LogP contribution >= 0.6 is 0 Å². The van der Waals surface area contributed by atoms with Gasteiger partial charge in [0.1, 0.15) is 10.6 Å². The highest BCUT2D eigenvalue weighted by atomic mass is 32.2. The van der Waals surface area contributed by atoms with Crippen LogP contribution in [0.2, 0.25) is 0 Å². The molecule has 6 nitrogen and oxygen atoms in total. The van der Waals surface area contributed by atoms with Crippen LogP contribution in [0, 0.1) is 27.7 Å². The van der Waals surface area contributed by atoms with Crippen molar-refractivity contribution in [2.45, 2.75) is 39.1 Å². The van der Waals surface area contributed by atoms with E-state index < -0.39 is 10.0 Å². The van der Waals surface area contributed by atoms with E-state index in [4.69, 9.17) is 4.52 Å². The molecule has 0 spiro atoms.